The van der Waals surface area contributed by atoms with Crippen LogP contribution >= 0.6 is 0 Å². The SMILES string of the molecule is CCNc1ccc(NC(=O)Cc2cccnc2)cn1. The molecule has 98 valence electrons. The van der Waals surface area contributed by atoms with Crippen molar-refractivity contribution in [2.45, 2.75) is 13.3 Å². The molecule has 0 atom stereocenters. The summed E-state index contributed by atoms with van der Waals surface area (Å²) in [6, 6.07) is 7.35. The average Bonchev–Trinajstić information content (AvgIpc) is 2.42. The van der Waals surface area contributed by atoms with Crippen molar-refractivity contribution in [3.8, 4) is 0 Å². The number of carbonyl (C=O) groups is 1. The molecule has 2 aromatic rings. The zero-order valence-corrected chi connectivity index (χ0v) is 10.8. The molecule has 1 amide bonds. The lowest BCUT2D eigenvalue weighted by Crippen LogP contribution is -2.14. The van der Waals surface area contributed by atoms with Crippen molar-refractivity contribution in [3.63, 3.8) is 0 Å². The van der Waals surface area contributed by atoms with Crippen LogP contribution in [0.2, 0.25) is 0 Å². The summed E-state index contributed by atoms with van der Waals surface area (Å²) in [6.07, 6.45) is 5.32. The Morgan fingerprint density at radius 2 is 2.16 bits per heavy atom. The third-order valence-electron chi connectivity index (χ3n) is 2.49. The molecule has 0 saturated heterocycles. The molecule has 5 heteroatoms. The number of rotatable bonds is 5. The average molecular weight is 256 g/mol. The van der Waals surface area contributed by atoms with E-state index < -0.39 is 0 Å². The molecule has 0 aliphatic rings. The highest BCUT2D eigenvalue weighted by atomic mass is 16.1. The molecule has 0 spiro atoms. The summed E-state index contributed by atoms with van der Waals surface area (Å²) < 4.78 is 0. The van der Waals surface area contributed by atoms with Gasteiger partial charge in [-0.1, -0.05) is 6.07 Å². The molecule has 0 aliphatic heterocycles. The number of amides is 1. The largest absolute Gasteiger partial charge is 0.370 e. The number of aromatic nitrogens is 2. The van der Waals surface area contributed by atoms with Crippen LogP contribution in [0.3, 0.4) is 0 Å². The van der Waals surface area contributed by atoms with Gasteiger partial charge in [0.15, 0.2) is 0 Å². The van der Waals surface area contributed by atoms with E-state index in [9.17, 15) is 4.79 Å². The topological polar surface area (TPSA) is 66.9 Å². The van der Waals surface area contributed by atoms with Crippen molar-refractivity contribution < 1.29 is 4.79 Å². The first-order valence-corrected chi connectivity index (χ1v) is 6.16. The Labute approximate surface area is 112 Å². The molecule has 0 radical (unpaired) electrons. The maximum atomic E-state index is 11.8. The molecular weight excluding hydrogens is 240 g/mol. The molecule has 2 heterocycles. The molecule has 0 aliphatic carbocycles. The molecule has 0 fully saturated rings. The van der Waals surface area contributed by atoms with Crippen molar-refractivity contribution in [1.29, 1.82) is 0 Å². The maximum absolute atomic E-state index is 11.8. The predicted octanol–water partition coefficient (Wildman–Crippen LogP) is 2.09. The van der Waals surface area contributed by atoms with Gasteiger partial charge in [-0.3, -0.25) is 9.78 Å². The summed E-state index contributed by atoms with van der Waals surface area (Å²) in [6.45, 7) is 2.82. The Bertz CT molecular complexity index is 525. The van der Waals surface area contributed by atoms with Gasteiger partial charge in [0, 0.05) is 18.9 Å². The van der Waals surface area contributed by atoms with Crippen molar-refractivity contribution in [3.05, 3.63) is 48.4 Å². The number of carbonyl (C=O) groups excluding carboxylic acids is 1. The Morgan fingerprint density at radius 3 is 2.79 bits per heavy atom. The smallest absolute Gasteiger partial charge is 0.228 e. The number of anilines is 2. The molecule has 2 rings (SSSR count). The second kappa shape index (κ2) is 6.49. The van der Waals surface area contributed by atoms with Crippen molar-refractivity contribution in [2.75, 3.05) is 17.2 Å². The summed E-state index contributed by atoms with van der Waals surface area (Å²) in [5.41, 5.74) is 1.58. The highest BCUT2D eigenvalue weighted by Crippen LogP contribution is 2.10. The fourth-order valence-corrected chi connectivity index (χ4v) is 1.65. The van der Waals surface area contributed by atoms with Crippen molar-refractivity contribution in [1.82, 2.24) is 9.97 Å². The van der Waals surface area contributed by atoms with Crippen LogP contribution in [0.1, 0.15) is 12.5 Å². The van der Waals surface area contributed by atoms with Gasteiger partial charge in [0.2, 0.25) is 5.91 Å². The number of pyridine rings is 2. The second-order valence-electron chi connectivity index (χ2n) is 4.05. The first-order valence-electron chi connectivity index (χ1n) is 6.16. The standard InChI is InChI=1S/C14H16N4O/c1-2-16-13-6-5-12(10-17-13)18-14(19)8-11-4-3-7-15-9-11/h3-7,9-10H,2,8H2,1H3,(H,16,17)(H,18,19). The zero-order chi connectivity index (χ0) is 13.5. The van der Waals surface area contributed by atoms with Gasteiger partial charge in [0.25, 0.3) is 0 Å². The number of nitrogens with zero attached hydrogens (tertiary/aromatic N) is 2. The van der Waals surface area contributed by atoms with Crippen LogP contribution in [0.5, 0.6) is 0 Å². The van der Waals surface area contributed by atoms with E-state index in [-0.39, 0.29) is 5.91 Å². The molecule has 0 saturated carbocycles. The maximum Gasteiger partial charge on any atom is 0.228 e. The number of hydrogen-bond donors (Lipinski definition) is 2. The lowest BCUT2D eigenvalue weighted by Gasteiger charge is -2.06. The van der Waals surface area contributed by atoms with Crippen LogP contribution in [0, 0.1) is 0 Å². The summed E-state index contributed by atoms with van der Waals surface area (Å²) in [4.78, 5) is 20.0. The van der Waals surface area contributed by atoms with E-state index in [0.29, 0.717) is 12.1 Å². The summed E-state index contributed by atoms with van der Waals surface area (Å²) >= 11 is 0. The van der Waals surface area contributed by atoms with Crippen molar-refractivity contribution >= 4 is 17.4 Å². The van der Waals surface area contributed by atoms with E-state index in [1.807, 2.05) is 31.2 Å². The van der Waals surface area contributed by atoms with Gasteiger partial charge in [-0.15, -0.1) is 0 Å². The van der Waals surface area contributed by atoms with Crippen molar-refractivity contribution in [2.24, 2.45) is 0 Å². The Hall–Kier alpha value is -2.43. The predicted molar refractivity (Wildman–Crippen MR) is 75.0 cm³/mol. The third-order valence-corrected chi connectivity index (χ3v) is 2.49. The first-order chi connectivity index (χ1) is 9.28. The summed E-state index contributed by atoms with van der Waals surface area (Å²) in [7, 11) is 0. The normalized spacial score (nSPS) is 9.95. The third kappa shape index (κ3) is 4.06. The quantitative estimate of drug-likeness (QED) is 0.859. The highest BCUT2D eigenvalue weighted by Gasteiger charge is 2.04. The molecule has 0 bridgehead atoms. The molecule has 0 unspecified atom stereocenters. The van der Waals surface area contributed by atoms with Gasteiger partial charge in [-0.05, 0) is 30.7 Å². The minimum Gasteiger partial charge on any atom is -0.370 e. The molecule has 5 nitrogen and oxygen atoms in total. The summed E-state index contributed by atoms with van der Waals surface area (Å²) in [5, 5.41) is 5.90. The monoisotopic (exact) mass is 256 g/mol. The van der Waals surface area contributed by atoms with Crippen LogP contribution in [0.25, 0.3) is 0 Å². The first kappa shape index (κ1) is 13.0. The zero-order valence-electron chi connectivity index (χ0n) is 10.8. The van der Waals surface area contributed by atoms with Crippen LogP contribution in [0.15, 0.2) is 42.9 Å². The van der Waals surface area contributed by atoms with Gasteiger partial charge in [0.05, 0.1) is 18.3 Å². The number of nitrogens with one attached hydrogen (secondary N) is 2. The van der Waals surface area contributed by atoms with E-state index in [1.165, 1.54) is 0 Å². The van der Waals surface area contributed by atoms with Crippen LogP contribution in [0.4, 0.5) is 11.5 Å². The number of hydrogen-bond acceptors (Lipinski definition) is 4. The molecule has 19 heavy (non-hydrogen) atoms. The fourth-order valence-electron chi connectivity index (χ4n) is 1.65. The van der Waals surface area contributed by atoms with Gasteiger partial charge in [-0.2, -0.15) is 0 Å². The molecule has 2 N–H and O–H groups in total. The summed E-state index contributed by atoms with van der Waals surface area (Å²) in [5.74, 6) is 0.721. The minimum atomic E-state index is -0.0778. The lowest BCUT2D eigenvalue weighted by atomic mass is 10.2. The Balaban J connectivity index is 1.91. The molecular formula is C14H16N4O. The van der Waals surface area contributed by atoms with Gasteiger partial charge >= 0.3 is 0 Å². The van der Waals surface area contributed by atoms with E-state index in [4.69, 9.17) is 0 Å². The highest BCUT2D eigenvalue weighted by molar-refractivity contribution is 5.92. The van der Waals surface area contributed by atoms with Gasteiger partial charge in [0.1, 0.15) is 5.82 Å². The van der Waals surface area contributed by atoms with Gasteiger partial charge < -0.3 is 10.6 Å². The fraction of sp³-hybridized carbons (Fsp3) is 0.214. The minimum absolute atomic E-state index is 0.0778. The Morgan fingerprint density at radius 1 is 1.26 bits per heavy atom. The van der Waals surface area contributed by atoms with E-state index >= 15 is 0 Å². The lowest BCUT2D eigenvalue weighted by molar-refractivity contribution is -0.115. The van der Waals surface area contributed by atoms with Gasteiger partial charge in [-0.25, -0.2) is 4.98 Å². The van der Waals surface area contributed by atoms with Crippen LogP contribution < -0.4 is 10.6 Å². The Kier molecular flexibility index (Phi) is 4.44. The second-order valence-corrected chi connectivity index (χ2v) is 4.05. The van der Waals surface area contributed by atoms with Crippen LogP contribution in [-0.2, 0) is 11.2 Å². The molecule has 2 aromatic heterocycles. The van der Waals surface area contributed by atoms with Crippen LogP contribution in [-0.4, -0.2) is 22.4 Å². The van der Waals surface area contributed by atoms with E-state index in [2.05, 4.69) is 20.6 Å². The van der Waals surface area contributed by atoms with E-state index in [1.54, 1.807) is 18.6 Å². The molecule has 0 aromatic carbocycles. The van der Waals surface area contributed by atoms with E-state index in [0.717, 1.165) is 17.9 Å².